The maximum absolute atomic E-state index is 6.21. The van der Waals surface area contributed by atoms with E-state index in [4.69, 9.17) is 10.3 Å². The second kappa shape index (κ2) is 4.30. The van der Waals surface area contributed by atoms with Crippen LogP contribution in [0.2, 0.25) is 0 Å². The minimum atomic E-state index is 0.122. The van der Waals surface area contributed by atoms with Crippen LogP contribution in [-0.2, 0) is 0 Å². The molecule has 5 atom stereocenters. The molecule has 106 valence electrons. The van der Waals surface area contributed by atoms with Crippen molar-refractivity contribution in [3.8, 4) is 0 Å². The van der Waals surface area contributed by atoms with Gasteiger partial charge in [0, 0.05) is 17.9 Å². The number of rotatable bonds is 2. The lowest BCUT2D eigenvalue weighted by Gasteiger charge is -2.45. The monoisotopic (exact) mass is 263 g/mol. The zero-order valence-electron chi connectivity index (χ0n) is 12.4. The number of nitrogens with two attached hydrogens (primary N) is 1. The zero-order valence-corrected chi connectivity index (χ0v) is 12.4. The third kappa shape index (κ3) is 2.10. The van der Waals surface area contributed by atoms with E-state index in [1.165, 1.54) is 6.42 Å². The first-order chi connectivity index (χ1) is 8.91. The molecule has 0 saturated heterocycles. The van der Waals surface area contributed by atoms with Gasteiger partial charge in [-0.3, -0.25) is 0 Å². The molecule has 0 bridgehead atoms. The van der Waals surface area contributed by atoms with Crippen molar-refractivity contribution in [3.05, 3.63) is 11.7 Å². The Hall–Kier alpha value is -0.900. The summed E-state index contributed by atoms with van der Waals surface area (Å²) in [5.41, 5.74) is 6.33. The van der Waals surface area contributed by atoms with Gasteiger partial charge in [-0.15, -0.1) is 0 Å². The Morgan fingerprint density at radius 1 is 1.26 bits per heavy atom. The summed E-state index contributed by atoms with van der Waals surface area (Å²) in [6.45, 7) is 9.05. The molecule has 0 radical (unpaired) electrons. The zero-order chi connectivity index (χ0) is 13.8. The number of hydrogen-bond acceptors (Lipinski definition) is 4. The lowest BCUT2D eigenvalue weighted by molar-refractivity contribution is 0.0806. The average molecular weight is 263 g/mol. The fraction of sp³-hybridized carbons (Fsp3) is 0.867. The molecule has 2 fully saturated rings. The molecule has 0 aromatic carbocycles. The molecule has 2 aliphatic carbocycles. The first-order valence-electron chi connectivity index (χ1n) is 7.50. The van der Waals surface area contributed by atoms with Crippen LogP contribution in [0.3, 0.4) is 0 Å². The molecule has 19 heavy (non-hydrogen) atoms. The van der Waals surface area contributed by atoms with Crippen molar-refractivity contribution in [2.24, 2.45) is 23.0 Å². The van der Waals surface area contributed by atoms with Crippen LogP contribution in [0.4, 0.5) is 0 Å². The van der Waals surface area contributed by atoms with E-state index in [1.54, 1.807) is 0 Å². The van der Waals surface area contributed by atoms with Gasteiger partial charge in [0.25, 0.3) is 0 Å². The molecule has 0 spiro atoms. The van der Waals surface area contributed by atoms with Gasteiger partial charge in [-0.05, 0) is 36.5 Å². The quantitative estimate of drug-likeness (QED) is 0.890. The topological polar surface area (TPSA) is 64.9 Å². The minimum absolute atomic E-state index is 0.122. The summed E-state index contributed by atoms with van der Waals surface area (Å²) in [4.78, 5) is 4.68. The van der Waals surface area contributed by atoms with Gasteiger partial charge in [-0.2, -0.15) is 4.98 Å². The van der Waals surface area contributed by atoms with Gasteiger partial charge in [-0.25, -0.2) is 0 Å². The van der Waals surface area contributed by atoms with Gasteiger partial charge >= 0.3 is 0 Å². The molecule has 2 N–H and O–H groups in total. The molecule has 3 rings (SSSR count). The van der Waals surface area contributed by atoms with Crippen LogP contribution in [-0.4, -0.2) is 16.2 Å². The lowest BCUT2D eigenvalue weighted by Crippen LogP contribution is -2.45. The Labute approximate surface area is 115 Å². The summed E-state index contributed by atoms with van der Waals surface area (Å²) in [6.07, 6.45) is 3.31. The van der Waals surface area contributed by atoms with E-state index in [1.807, 2.05) is 0 Å². The van der Waals surface area contributed by atoms with E-state index in [0.29, 0.717) is 17.8 Å². The van der Waals surface area contributed by atoms with Crippen LogP contribution < -0.4 is 5.73 Å². The van der Waals surface area contributed by atoms with E-state index in [2.05, 4.69) is 37.8 Å². The first kappa shape index (κ1) is 13.1. The van der Waals surface area contributed by atoms with E-state index in [0.717, 1.165) is 30.5 Å². The average Bonchev–Trinajstić information content (AvgIpc) is 2.89. The highest BCUT2D eigenvalue weighted by atomic mass is 16.5. The van der Waals surface area contributed by atoms with Crippen molar-refractivity contribution in [2.45, 2.75) is 64.8 Å². The van der Waals surface area contributed by atoms with Crippen LogP contribution in [0.25, 0.3) is 0 Å². The van der Waals surface area contributed by atoms with Crippen molar-refractivity contribution in [2.75, 3.05) is 0 Å². The van der Waals surface area contributed by atoms with Crippen LogP contribution in [0, 0.1) is 17.3 Å². The molecule has 2 saturated carbocycles. The van der Waals surface area contributed by atoms with E-state index < -0.39 is 0 Å². The summed E-state index contributed by atoms with van der Waals surface area (Å²) < 4.78 is 5.57. The molecule has 0 aliphatic heterocycles. The molecule has 4 heteroatoms. The highest BCUT2D eigenvalue weighted by Crippen LogP contribution is 2.50. The van der Waals surface area contributed by atoms with Gasteiger partial charge in [0.15, 0.2) is 5.82 Å². The summed E-state index contributed by atoms with van der Waals surface area (Å²) >= 11 is 0. The fourth-order valence-corrected chi connectivity index (χ4v) is 3.51. The fourth-order valence-electron chi connectivity index (χ4n) is 3.51. The molecule has 0 amide bonds. The van der Waals surface area contributed by atoms with Crippen molar-refractivity contribution in [1.82, 2.24) is 10.1 Å². The smallest absolute Gasteiger partial charge is 0.230 e. The highest BCUT2D eigenvalue weighted by molar-refractivity contribution is 5.11. The van der Waals surface area contributed by atoms with Gasteiger partial charge in [0.2, 0.25) is 5.89 Å². The largest absolute Gasteiger partial charge is 0.339 e. The van der Waals surface area contributed by atoms with Crippen molar-refractivity contribution < 1.29 is 4.52 Å². The van der Waals surface area contributed by atoms with Crippen molar-refractivity contribution in [3.63, 3.8) is 0 Å². The maximum Gasteiger partial charge on any atom is 0.230 e. The van der Waals surface area contributed by atoms with E-state index in [-0.39, 0.29) is 11.5 Å². The maximum atomic E-state index is 6.21. The van der Waals surface area contributed by atoms with Gasteiger partial charge in [0.05, 0.1) is 0 Å². The van der Waals surface area contributed by atoms with Gasteiger partial charge < -0.3 is 10.3 Å². The molecule has 4 nitrogen and oxygen atoms in total. The first-order valence-corrected chi connectivity index (χ1v) is 7.50. The van der Waals surface area contributed by atoms with Crippen LogP contribution >= 0.6 is 0 Å². The molecule has 2 aliphatic rings. The highest BCUT2D eigenvalue weighted by Gasteiger charge is 2.46. The van der Waals surface area contributed by atoms with Gasteiger partial charge in [-0.1, -0.05) is 32.9 Å². The molecule has 1 heterocycles. The normalized spacial score (nSPS) is 41.2. The Kier molecular flexibility index (Phi) is 2.97. The lowest BCUT2D eigenvalue weighted by atomic mass is 9.61. The number of aromatic nitrogens is 2. The van der Waals surface area contributed by atoms with E-state index in [9.17, 15) is 0 Å². The molecular weight excluding hydrogens is 238 g/mol. The molecular formula is C15H25N3O. The Balaban J connectivity index is 1.83. The predicted molar refractivity (Wildman–Crippen MR) is 73.7 cm³/mol. The second-order valence-electron chi connectivity index (χ2n) is 7.21. The molecule has 1 aromatic heterocycles. The Bertz CT molecular complexity index is 468. The van der Waals surface area contributed by atoms with Crippen molar-refractivity contribution >= 4 is 0 Å². The summed E-state index contributed by atoms with van der Waals surface area (Å²) in [7, 11) is 0. The standard InChI is InChI=1S/C15H25N3O/c1-8-7-10(8)13-17-14(19-18-13)11-5-6-12(16)9(2)15(11,3)4/h8-12H,5-7,16H2,1-4H3. The van der Waals surface area contributed by atoms with Crippen molar-refractivity contribution in [1.29, 1.82) is 0 Å². The number of nitrogens with zero attached hydrogens (tertiary/aromatic N) is 2. The molecule has 5 unspecified atom stereocenters. The minimum Gasteiger partial charge on any atom is -0.339 e. The van der Waals surface area contributed by atoms with Crippen LogP contribution in [0.1, 0.15) is 70.5 Å². The Morgan fingerprint density at radius 2 is 1.95 bits per heavy atom. The van der Waals surface area contributed by atoms with E-state index >= 15 is 0 Å². The summed E-state index contributed by atoms with van der Waals surface area (Å²) in [5.74, 6) is 3.82. The molecule has 1 aromatic rings. The Morgan fingerprint density at radius 3 is 2.58 bits per heavy atom. The summed E-state index contributed by atoms with van der Waals surface area (Å²) in [5, 5.41) is 4.20. The van der Waals surface area contributed by atoms with Crippen LogP contribution in [0.15, 0.2) is 4.52 Å². The second-order valence-corrected chi connectivity index (χ2v) is 7.21. The third-order valence-corrected chi connectivity index (χ3v) is 5.70. The van der Waals surface area contributed by atoms with Gasteiger partial charge in [0.1, 0.15) is 0 Å². The third-order valence-electron chi connectivity index (χ3n) is 5.70. The summed E-state index contributed by atoms with van der Waals surface area (Å²) in [6, 6.07) is 0.289. The number of hydrogen-bond donors (Lipinski definition) is 1. The SMILES string of the molecule is CC1CC1c1noc(C2CCC(N)C(C)C2(C)C)n1. The van der Waals surface area contributed by atoms with Crippen LogP contribution in [0.5, 0.6) is 0 Å². The predicted octanol–water partition coefficient (Wildman–Crippen LogP) is 3.06.